The van der Waals surface area contributed by atoms with Gasteiger partial charge in [-0.2, -0.15) is 27.3 Å². The van der Waals surface area contributed by atoms with Crippen LogP contribution in [0.25, 0.3) is 97.5 Å². The molecule has 1 fully saturated rings. The molecule has 0 saturated heterocycles. The summed E-state index contributed by atoms with van der Waals surface area (Å²) in [5.74, 6) is 1.09. The molecule has 0 radical (unpaired) electrons. The number of ketones is 1. The fourth-order valence-corrected chi connectivity index (χ4v) is 21.0. The number of ether oxygens (including phenoxy) is 7. The fraction of sp³-hybridized carbons (Fsp3) is 0.260. The number of halogens is 9. The fourth-order valence-electron chi connectivity index (χ4n) is 14.0. The number of aromatic amines is 2. The van der Waals surface area contributed by atoms with Gasteiger partial charge in [0.15, 0.2) is 11.2 Å². The predicted molar refractivity (Wildman–Crippen MR) is 532 cm³/mol. The molecule has 38 nitrogen and oxygen atoms in total. The molecule has 762 valence electrons. The average Bonchev–Trinajstić information content (AvgIpc) is 1.64. The van der Waals surface area contributed by atoms with Crippen LogP contribution in [0.15, 0.2) is 247 Å². The Kier molecular flexibility index (Phi) is 44.0. The van der Waals surface area contributed by atoms with E-state index in [1.165, 1.54) is 23.4 Å². The van der Waals surface area contributed by atoms with Crippen molar-refractivity contribution in [3.05, 3.63) is 283 Å². The zero-order valence-electron chi connectivity index (χ0n) is 76.5. The first kappa shape index (κ1) is 114. The first-order chi connectivity index (χ1) is 68.9. The third-order valence-electron chi connectivity index (χ3n) is 20.1. The van der Waals surface area contributed by atoms with Crippen LogP contribution < -0.4 is 31.2 Å². The summed E-state index contributed by atoms with van der Waals surface area (Å²) in [5, 5.41) is 25.1. The summed E-state index contributed by atoms with van der Waals surface area (Å²) in [7, 11) is 0. The number of azide groups is 1. The summed E-state index contributed by atoms with van der Waals surface area (Å²) in [5.41, 5.74) is 16.0. The second-order valence-electron chi connectivity index (χ2n) is 30.2. The molecule has 8 aromatic heterocycles. The van der Waals surface area contributed by atoms with Crippen molar-refractivity contribution in [3.63, 3.8) is 0 Å². The summed E-state index contributed by atoms with van der Waals surface area (Å²) >= 11 is 20.5. The number of nitrogens with two attached hydrogens (primary N) is 1. The molecule has 5 N–H and O–H groups in total. The van der Waals surface area contributed by atoms with Crippen LogP contribution in [0.5, 0.6) is 17.2 Å². The number of benzene rings is 6. The number of amides is 1. The van der Waals surface area contributed by atoms with Gasteiger partial charge >= 0.3 is 122 Å². The predicted octanol–water partition coefficient (Wildman–Crippen LogP) is 21.1. The van der Waals surface area contributed by atoms with Crippen molar-refractivity contribution in [2.45, 2.75) is 112 Å². The number of fused-ring (bicyclic) bond motifs is 16. The zero-order valence-corrected chi connectivity index (χ0v) is 85.1. The van der Waals surface area contributed by atoms with Crippen LogP contribution in [0.3, 0.4) is 0 Å². The molecule has 49 heteroatoms. The molecule has 1 amide bonds. The SMILES string of the molecule is C.C1=COCC1.CC(=O)[O][Pb]([O]C(C)=O)([O]C(C)=O)[O]C(C)=O.Clc1nc2c(c3ccccc13)OCC2.Clc1nc2ccoc2c2ccccc12.Fc1nc2c(c3ccccc13)OCC2.Nn1nnc2ccccc21.O=C(C1=COCC1)C(F)(F)F.O=C(O)C1=COCC1.O=C=NC1=COCC1.O=P(Cl)(Cl)Cl.O=c1[nH]c2c(c3ccccc13)OCC2.O=c1[nH]c2ccoc2c2ccccc12.[N-]=[N+]=NC(=O)C1CCCC1. The van der Waals surface area contributed by atoms with Gasteiger partial charge < -0.3 is 62.9 Å². The molecule has 1 aliphatic carbocycles. The Bertz CT molecular complexity index is 7210. The normalized spacial score (nSPS) is 13.6. The van der Waals surface area contributed by atoms with Crippen molar-refractivity contribution in [3.8, 4) is 17.2 Å². The van der Waals surface area contributed by atoms with Crippen LogP contribution in [0, 0.1) is 11.9 Å². The smallest absolute Gasteiger partial charge is 0.454 e. The maximum Gasteiger partial charge on any atom is 0.454 e. The van der Waals surface area contributed by atoms with Crippen molar-refractivity contribution >= 4 is 220 Å². The maximum absolute atomic E-state index is 13.5. The number of hydrogen-bond acceptors (Lipinski definition) is 31. The Balaban J connectivity index is 0.000000177. The summed E-state index contributed by atoms with van der Waals surface area (Å²) in [6.07, 6.45) is 16.0. The number of nitrogens with zero attached hydrogens (tertiary/aromatic N) is 10. The van der Waals surface area contributed by atoms with Gasteiger partial charge in [0, 0.05) is 117 Å². The minimum atomic E-state index is -5.43. The molecule has 0 spiro atoms. The van der Waals surface area contributed by atoms with E-state index in [1.807, 2.05) is 140 Å². The number of rotatable bonds is 8. The van der Waals surface area contributed by atoms with Gasteiger partial charge in [-0.15, -0.1) is 5.10 Å². The van der Waals surface area contributed by atoms with Crippen molar-refractivity contribution < 1.29 is 118 Å². The van der Waals surface area contributed by atoms with Crippen LogP contribution in [-0.4, -0.2) is 168 Å². The van der Waals surface area contributed by atoms with Crippen molar-refractivity contribution in [1.82, 2.24) is 40.0 Å². The van der Waals surface area contributed by atoms with Crippen molar-refractivity contribution in [2.24, 2.45) is 16.0 Å². The van der Waals surface area contributed by atoms with E-state index in [0.29, 0.717) is 83.6 Å². The minimum Gasteiger partial charge on any atom is -0.500 e. The number of alkyl halides is 3. The van der Waals surface area contributed by atoms with Gasteiger partial charge in [-0.3, -0.25) is 23.7 Å². The van der Waals surface area contributed by atoms with Gasteiger partial charge in [0.1, 0.15) is 50.4 Å². The van der Waals surface area contributed by atoms with E-state index in [0.717, 1.165) is 197 Å². The number of para-hydroxylation sites is 1. The number of Topliss-reactive ketones (excluding diaryl/α,β-unsaturated/α-hetero) is 1. The molecule has 1 saturated carbocycles. The Hall–Kier alpha value is -14.5. The Morgan fingerprint density at radius 2 is 1.01 bits per heavy atom. The number of aliphatic imine (C=N–C) groups is 1. The Morgan fingerprint density at radius 1 is 0.559 bits per heavy atom. The second-order valence-corrected chi connectivity index (χ2v) is 44.6. The largest absolute Gasteiger partial charge is 0.500 e. The summed E-state index contributed by atoms with van der Waals surface area (Å²) in [6.45, 7) is 8.22. The molecule has 15 heterocycles. The molecule has 0 atom stereocenters. The standard InChI is InChI=1S/C11H8ClNO.C11H6ClNO.C11H8FNO.C11H9NO2.C11H7NO2.C6H5F3O2.C6H6N4.C6H9N3O.C5H5NO2.C5H6O3.C4H6O.4C2H4O2.CH4.Cl3OP.Pb/c3*12-11-8-4-2-1-3-7(8)10-9(13-11)5-6-14-10;2*13-11-8-4-2-1-3-7(8)10-9(12-11)5-6-14-10;7-6(8,9)5(10)4-1-2-11-3-4;7-10-6-4-2-1-3-5(6)8-9-10;7-9-8-6(10)5-3-1-2-4-5;7-4-6-5-1-2-8-3-5;6-5(7)4-1-2-8-3-4;1-2-4-5-3-1;4*1-2(3)4;;1-5(2,3)4;/h1-4H,5-6H2;1-6H;1-4H,5-6H2;1-4H,5-6H2,(H,12,13);1-6H,(H,12,13);3H,1-2H2;1-4H,7H2;5H,1-4H2;3H,1-2H2;3H,1-2H2,(H,6,7);1,3H,2,4H2;4*1H3,(H,3,4);1H4;;/q;;;;;;;;;;;;;;;;;+4/p-4. The van der Waals surface area contributed by atoms with E-state index in [1.54, 1.807) is 43.1 Å². The maximum atomic E-state index is 13.5. The number of furan rings is 2. The first-order valence-electron chi connectivity index (χ1n) is 43.2. The molecule has 145 heavy (non-hydrogen) atoms. The molecule has 0 unspecified atom stereocenters. The van der Waals surface area contributed by atoms with E-state index in [9.17, 15) is 70.1 Å². The zero-order chi connectivity index (χ0) is 104. The van der Waals surface area contributed by atoms with E-state index in [-0.39, 0.29) is 49.0 Å². The molecular weight excluding hydrogens is 2230 g/mol. The number of isocyanates is 1. The number of nitrogens with one attached hydrogen (secondary N) is 2. The Morgan fingerprint density at radius 3 is 1.51 bits per heavy atom. The minimum absolute atomic E-state index is 0. The monoisotopic (exact) mass is 2320 g/mol. The first-order valence-corrected chi connectivity index (χ1v) is 54.8. The van der Waals surface area contributed by atoms with Crippen LogP contribution in [-0.2, 0) is 91.9 Å². The van der Waals surface area contributed by atoms with Gasteiger partial charge in [0.25, 0.3) is 16.9 Å². The van der Waals surface area contributed by atoms with Crippen LogP contribution in [0.4, 0.5) is 17.6 Å². The number of carboxylic acids is 1. The number of aliphatic carboxylic acids is 1. The van der Waals surface area contributed by atoms with Gasteiger partial charge in [-0.05, 0) is 98.8 Å². The topological polar surface area (TPSA) is 524 Å². The van der Waals surface area contributed by atoms with Crippen molar-refractivity contribution in [2.75, 3.05) is 52.1 Å². The Labute approximate surface area is 852 Å². The van der Waals surface area contributed by atoms with E-state index in [4.69, 9.17) is 72.2 Å². The molecule has 22 rings (SSSR count). The number of nitrogen functional groups attached to an aromatic ring is 1. The quantitative estimate of drug-likeness (QED) is 0.0105. The van der Waals surface area contributed by atoms with E-state index < -0.39 is 75.9 Å². The average molecular weight is 2320 g/mol. The van der Waals surface area contributed by atoms with Gasteiger partial charge in [-0.1, -0.05) is 159 Å². The molecule has 8 aliphatic rings. The van der Waals surface area contributed by atoms with Crippen LogP contribution in [0.1, 0.15) is 104 Å². The number of pyridine rings is 5. The summed E-state index contributed by atoms with van der Waals surface area (Å²) in [4.78, 5) is 133. The summed E-state index contributed by atoms with van der Waals surface area (Å²) < 4.78 is 122. The van der Waals surface area contributed by atoms with Crippen LogP contribution in [0.2, 0.25) is 10.3 Å². The molecule has 7 aliphatic heterocycles. The van der Waals surface area contributed by atoms with E-state index in [2.05, 4.69) is 104 Å². The number of carbonyl (C=O) groups excluding carboxylic acids is 7. The molecule has 0 bridgehead atoms. The third-order valence-corrected chi connectivity index (χ3v) is 29.1. The number of aromatic nitrogens is 8. The molecular formula is C96H91Cl5F4N13O25PPb. The third kappa shape index (κ3) is 34.4. The van der Waals surface area contributed by atoms with E-state index >= 15 is 0 Å². The number of hydrogen-bond donors (Lipinski definition) is 4. The summed E-state index contributed by atoms with van der Waals surface area (Å²) in [6, 6.07) is 49.0. The van der Waals surface area contributed by atoms with Gasteiger partial charge in [0.05, 0.1) is 122 Å². The number of carboxylic acid groups (broad SMARTS) is 1. The number of H-pyrrole nitrogens is 2. The van der Waals surface area contributed by atoms with Gasteiger partial charge in [0.2, 0.25) is 17.9 Å². The van der Waals surface area contributed by atoms with Gasteiger partial charge in [-0.25, -0.2) is 24.5 Å². The molecule has 14 aromatic rings. The van der Waals surface area contributed by atoms with Crippen molar-refractivity contribution in [1.29, 1.82) is 0 Å². The molecule has 6 aromatic carbocycles. The second kappa shape index (κ2) is 56.0. The van der Waals surface area contributed by atoms with Crippen LogP contribution >= 0.6 is 62.1 Å². The number of carbonyl (C=O) groups is 7.